The van der Waals surface area contributed by atoms with Crippen LogP contribution in [0, 0.1) is 11.8 Å². The van der Waals surface area contributed by atoms with E-state index in [1.807, 2.05) is 12.1 Å². The Balaban J connectivity index is 1.94. The standard InChI is InChI=1S/C23H31ClN2O2/c1-4-5-6-7-12-26-22(27)20(18-8-10-19(24)11-9-18)21(23(26)28)25-14-16(2)13-17(3)15-25/h8-11,16-17H,4-7,12-15H2,1-3H3. The lowest BCUT2D eigenvalue weighted by atomic mass is 9.91. The van der Waals surface area contributed by atoms with Gasteiger partial charge in [0.15, 0.2) is 0 Å². The molecular formula is C23H31ClN2O2. The van der Waals surface area contributed by atoms with Gasteiger partial charge < -0.3 is 4.90 Å². The molecule has 1 fully saturated rings. The first kappa shape index (κ1) is 20.9. The number of hydrogen-bond acceptors (Lipinski definition) is 3. The lowest BCUT2D eigenvalue weighted by Gasteiger charge is -2.37. The molecule has 2 atom stereocenters. The van der Waals surface area contributed by atoms with Crippen LogP contribution in [-0.4, -0.2) is 41.2 Å². The molecular weight excluding hydrogens is 372 g/mol. The molecule has 0 saturated carbocycles. The van der Waals surface area contributed by atoms with Crippen molar-refractivity contribution in [2.24, 2.45) is 11.8 Å². The second-order valence-electron chi connectivity index (χ2n) is 8.40. The molecule has 5 heteroatoms. The molecule has 1 saturated heterocycles. The molecule has 0 aliphatic carbocycles. The number of amides is 2. The maximum atomic E-state index is 13.3. The van der Waals surface area contributed by atoms with Crippen molar-refractivity contribution in [2.75, 3.05) is 19.6 Å². The van der Waals surface area contributed by atoms with Gasteiger partial charge in [0.2, 0.25) is 0 Å². The summed E-state index contributed by atoms with van der Waals surface area (Å²) >= 11 is 6.04. The van der Waals surface area contributed by atoms with E-state index in [1.165, 1.54) is 4.90 Å². The second-order valence-corrected chi connectivity index (χ2v) is 8.84. The largest absolute Gasteiger partial charge is 0.366 e. The minimum Gasteiger partial charge on any atom is -0.366 e. The fourth-order valence-corrected chi connectivity index (χ4v) is 4.60. The van der Waals surface area contributed by atoms with Gasteiger partial charge in [-0.2, -0.15) is 0 Å². The van der Waals surface area contributed by atoms with Crippen molar-refractivity contribution in [3.63, 3.8) is 0 Å². The summed E-state index contributed by atoms with van der Waals surface area (Å²) in [7, 11) is 0. The highest BCUT2D eigenvalue weighted by molar-refractivity contribution is 6.36. The number of hydrogen-bond donors (Lipinski definition) is 0. The number of likely N-dealkylation sites (tertiary alicyclic amines) is 1. The van der Waals surface area contributed by atoms with E-state index >= 15 is 0 Å². The van der Waals surface area contributed by atoms with Crippen LogP contribution in [0.25, 0.3) is 5.57 Å². The van der Waals surface area contributed by atoms with Crippen molar-refractivity contribution in [3.05, 3.63) is 40.5 Å². The number of halogens is 1. The predicted molar refractivity (Wildman–Crippen MR) is 114 cm³/mol. The number of rotatable bonds is 7. The van der Waals surface area contributed by atoms with Gasteiger partial charge in [0.05, 0.1) is 5.57 Å². The molecule has 3 rings (SSSR count). The highest BCUT2D eigenvalue weighted by Gasteiger charge is 2.42. The zero-order valence-corrected chi connectivity index (χ0v) is 18.0. The van der Waals surface area contributed by atoms with Gasteiger partial charge in [-0.15, -0.1) is 0 Å². The van der Waals surface area contributed by atoms with Crippen molar-refractivity contribution < 1.29 is 9.59 Å². The summed E-state index contributed by atoms with van der Waals surface area (Å²) in [5.74, 6) is 0.714. The van der Waals surface area contributed by atoms with Crippen LogP contribution in [0.4, 0.5) is 0 Å². The first-order valence-electron chi connectivity index (χ1n) is 10.5. The molecule has 2 unspecified atom stereocenters. The van der Waals surface area contributed by atoms with Crippen molar-refractivity contribution in [3.8, 4) is 0 Å². The van der Waals surface area contributed by atoms with Gasteiger partial charge >= 0.3 is 0 Å². The summed E-state index contributed by atoms with van der Waals surface area (Å²) in [4.78, 5) is 30.2. The van der Waals surface area contributed by atoms with E-state index < -0.39 is 0 Å². The molecule has 2 heterocycles. The Morgan fingerprint density at radius 1 is 0.964 bits per heavy atom. The van der Waals surface area contributed by atoms with Gasteiger partial charge in [0.1, 0.15) is 5.70 Å². The average Bonchev–Trinajstić information content (AvgIpc) is 2.89. The van der Waals surface area contributed by atoms with Gasteiger partial charge in [0, 0.05) is 24.7 Å². The summed E-state index contributed by atoms with van der Waals surface area (Å²) in [5, 5.41) is 0.624. The summed E-state index contributed by atoms with van der Waals surface area (Å²) in [6.45, 7) is 8.73. The first-order valence-corrected chi connectivity index (χ1v) is 10.9. The monoisotopic (exact) mass is 402 g/mol. The van der Waals surface area contributed by atoms with Gasteiger partial charge in [-0.25, -0.2) is 0 Å². The number of benzene rings is 1. The Labute approximate surface area is 173 Å². The number of piperidine rings is 1. The highest BCUT2D eigenvalue weighted by Crippen LogP contribution is 2.35. The molecule has 2 aliphatic rings. The third-order valence-corrected chi connectivity index (χ3v) is 5.95. The van der Waals surface area contributed by atoms with Gasteiger partial charge in [-0.1, -0.05) is 63.8 Å². The highest BCUT2D eigenvalue weighted by atomic mass is 35.5. The molecule has 2 amide bonds. The molecule has 0 spiro atoms. The van der Waals surface area contributed by atoms with E-state index in [0.29, 0.717) is 34.7 Å². The fourth-order valence-electron chi connectivity index (χ4n) is 4.48. The minimum absolute atomic E-state index is 0.132. The molecule has 152 valence electrons. The quantitative estimate of drug-likeness (QED) is 0.477. The average molecular weight is 403 g/mol. The van der Waals surface area contributed by atoms with Crippen LogP contribution in [0.5, 0.6) is 0 Å². The van der Waals surface area contributed by atoms with E-state index in [2.05, 4.69) is 25.7 Å². The molecule has 0 aromatic heterocycles. The van der Waals surface area contributed by atoms with Crippen molar-refractivity contribution in [1.82, 2.24) is 9.80 Å². The van der Waals surface area contributed by atoms with Crippen LogP contribution in [-0.2, 0) is 9.59 Å². The lowest BCUT2D eigenvalue weighted by molar-refractivity contribution is -0.137. The number of nitrogens with zero attached hydrogens (tertiary/aromatic N) is 2. The maximum absolute atomic E-state index is 13.3. The molecule has 1 aromatic carbocycles. The van der Waals surface area contributed by atoms with E-state index in [-0.39, 0.29) is 11.8 Å². The Hall–Kier alpha value is -1.81. The summed E-state index contributed by atoms with van der Waals surface area (Å²) in [6.07, 6.45) is 5.31. The molecule has 0 N–H and O–H groups in total. The fraction of sp³-hybridized carbons (Fsp3) is 0.565. The van der Waals surface area contributed by atoms with E-state index in [4.69, 9.17) is 11.6 Å². The third-order valence-electron chi connectivity index (χ3n) is 5.70. The Bertz CT molecular complexity index is 746. The Morgan fingerprint density at radius 3 is 2.21 bits per heavy atom. The minimum atomic E-state index is -0.162. The number of carbonyl (C=O) groups is 2. The number of carbonyl (C=O) groups excluding carboxylic acids is 2. The lowest BCUT2D eigenvalue weighted by Crippen LogP contribution is -2.42. The second kappa shape index (κ2) is 9.13. The number of imide groups is 1. The van der Waals surface area contributed by atoms with Crippen LogP contribution in [0.3, 0.4) is 0 Å². The number of unbranched alkanes of at least 4 members (excludes halogenated alkanes) is 3. The zero-order chi connectivity index (χ0) is 20.3. The van der Waals surface area contributed by atoms with E-state index in [0.717, 1.165) is 50.8 Å². The normalized spacial score (nSPS) is 23.1. The van der Waals surface area contributed by atoms with Crippen molar-refractivity contribution in [2.45, 2.75) is 52.9 Å². The van der Waals surface area contributed by atoms with Crippen LogP contribution in [0.1, 0.15) is 58.4 Å². The van der Waals surface area contributed by atoms with Crippen molar-refractivity contribution >= 4 is 29.0 Å². The summed E-state index contributed by atoms with van der Waals surface area (Å²) < 4.78 is 0. The third kappa shape index (κ3) is 4.43. The Kier molecular flexibility index (Phi) is 6.82. The summed E-state index contributed by atoms with van der Waals surface area (Å²) in [5.41, 5.74) is 1.90. The van der Waals surface area contributed by atoms with Gasteiger partial charge in [-0.05, 0) is 42.4 Å². The predicted octanol–water partition coefficient (Wildman–Crippen LogP) is 4.98. The van der Waals surface area contributed by atoms with E-state index in [1.54, 1.807) is 12.1 Å². The Morgan fingerprint density at radius 2 is 1.61 bits per heavy atom. The maximum Gasteiger partial charge on any atom is 0.277 e. The summed E-state index contributed by atoms with van der Waals surface area (Å²) in [6, 6.07) is 7.26. The SMILES string of the molecule is CCCCCCN1C(=O)C(c2ccc(Cl)cc2)=C(N2CC(C)CC(C)C2)C1=O. The molecule has 0 bridgehead atoms. The van der Waals surface area contributed by atoms with Crippen LogP contribution in [0.15, 0.2) is 30.0 Å². The smallest absolute Gasteiger partial charge is 0.277 e. The van der Waals surface area contributed by atoms with Gasteiger partial charge in [0.25, 0.3) is 11.8 Å². The first-order chi connectivity index (χ1) is 13.4. The van der Waals surface area contributed by atoms with Crippen LogP contribution < -0.4 is 0 Å². The molecule has 1 aromatic rings. The molecule has 28 heavy (non-hydrogen) atoms. The van der Waals surface area contributed by atoms with Crippen molar-refractivity contribution in [1.29, 1.82) is 0 Å². The molecule has 4 nitrogen and oxygen atoms in total. The topological polar surface area (TPSA) is 40.6 Å². The van der Waals surface area contributed by atoms with Crippen LogP contribution in [0.2, 0.25) is 5.02 Å². The zero-order valence-electron chi connectivity index (χ0n) is 17.2. The van der Waals surface area contributed by atoms with Gasteiger partial charge in [-0.3, -0.25) is 14.5 Å². The van der Waals surface area contributed by atoms with E-state index in [9.17, 15) is 9.59 Å². The molecule has 2 aliphatic heterocycles. The van der Waals surface area contributed by atoms with Crippen LogP contribution >= 0.6 is 11.6 Å². The molecule has 0 radical (unpaired) electrons.